The molecule has 0 fully saturated rings. The monoisotopic (exact) mass is 264 g/mol. The number of hydrogen-bond donors (Lipinski definition) is 1. The van der Waals surface area contributed by atoms with E-state index >= 15 is 0 Å². The summed E-state index contributed by atoms with van der Waals surface area (Å²) in [7, 11) is 0. The predicted octanol–water partition coefficient (Wildman–Crippen LogP) is 3.65. The van der Waals surface area contributed by atoms with E-state index in [1.54, 1.807) is 18.3 Å². The van der Waals surface area contributed by atoms with Crippen molar-refractivity contribution in [2.75, 3.05) is 5.32 Å². The molecule has 0 bridgehead atoms. The molecule has 1 aromatic carbocycles. The van der Waals surface area contributed by atoms with Crippen LogP contribution in [-0.4, -0.2) is 0 Å². The molecule has 0 saturated heterocycles. The molecule has 2 nitrogen and oxygen atoms in total. The lowest BCUT2D eigenvalue weighted by Gasteiger charge is -2.03. The summed E-state index contributed by atoms with van der Waals surface area (Å²) in [5, 5.41) is 11.6. The van der Waals surface area contributed by atoms with Crippen molar-refractivity contribution in [3.8, 4) is 6.19 Å². The SMILES string of the molecule is N#CNc1c(Cl)cc(Br)cc1Cl. The zero-order valence-electron chi connectivity index (χ0n) is 5.74. The zero-order chi connectivity index (χ0) is 9.14. The van der Waals surface area contributed by atoms with E-state index in [1.165, 1.54) is 0 Å². The van der Waals surface area contributed by atoms with E-state index in [4.69, 9.17) is 28.5 Å². The molecular formula is C7H3BrCl2N2. The van der Waals surface area contributed by atoms with Crippen LogP contribution in [0.5, 0.6) is 0 Å². The Morgan fingerprint density at radius 2 is 1.83 bits per heavy atom. The van der Waals surface area contributed by atoms with Crippen molar-refractivity contribution in [1.82, 2.24) is 0 Å². The molecule has 12 heavy (non-hydrogen) atoms. The number of benzene rings is 1. The molecule has 0 aliphatic rings. The minimum Gasteiger partial charge on any atom is -0.290 e. The first-order valence-corrected chi connectivity index (χ1v) is 4.49. The Bertz CT molecular complexity index is 323. The molecular weight excluding hydrogens is 263 g/mol. The summed E-state index contributed by atoms with van der Waals surface area (Å²) in [5.74, 6) is 0. The second-order valence-electron chi connectivity index (χ2n) is 1.98. The van der Waals surface area contributed by atoms with Crippen molar-refractivity contribution in [2.45, 2.75) is 0 Å². The summed E-state index contributed by atoms with van der Waals surface area (Å²) in [6, 6.07) is 3.32. The molecule has 1 rings (SSSR count). The number of halogens is 3. The van der Waals surface area contributed by atoms with Gasteiger partial charge in [0.1, 0.15) is 0 Å². The molecule has 0 unspecified atom stereocenters. The number of anilines is 1. The Hall–Kier alpha value is -0.430. The van der Waals surface area contributed by atoms with Gasteiger partial charge in [0.25, 0.3) is 0 Å². The number of nitrogens with one attached hydrogen (secondary N) is 1. The molecule has 0 saturated carbocycles. The normalized spacial score (nSPS) is 9.17. The Balaban J connectivity index is 3.21. The van der Waals surface area contributed by atoms with E-state index in [0.29, 0.717) is 15.7 Å². The van der Waals surface area contributed by atoms with Crippen molar-refractivity contribution in [2.24, 2.45) is 0 Å². The van der Waals surface area contributed by atoms with Gasteiger partial charge in [-0.15, -0.1) is 0 Å². The number of nitrogens with zero attached hydrogens (tertiary/aromatic N) is 1. The molecule has 0 aliphatic carbocycles. The van der Waals surface area contributed by atoms with Gasteiger partial charge in [-0.1, -0.05) is 39.1 Å². The summed E-state index contributed by atoms with van der Waals surface area (Å²) in [6.07, 6.45) is 1.75. The van der Waals surface area contributed by atoms with Gasteiger partial charge in [0.05, 0.1) is 15.7 Å². The molecule has 1 N–H and O–H groups in total. The molecule has 5 heteroatoms. The summed E-state index contributed by atoms with van der Waals surface area (Å²) in [5.41, 5.74) is 0.434. The van der Waals surface area contributed by atoms with Crippen LogP contribution in [0, 0.1) is 11.5 Å². The van der Waals surface area contributed by atoms with Gasteiger partial charge in [-0.05, 0) is 12.1 Å². The van der Waals surface area contributed by atoms with Crippen LogP contribution in [-0.2, 0) is 0 Å². The minimum absolute atomic E-state index is 0.413. The van der Waals surface area contributed by atoms with Crippen LogP contribution in [0.1, 0.15) is 0 Å². The van der Waals surface area contributed by atoms with Crippen molar-refractivity contribution < 1.29 is 0 Å². The van der Waals surface area contributed by atoms with Crippen LogP contribution in [0.15, 0.2) is 16.6 Å². The Labute approximate surface area is 88.2 Å². The van der Waals surface area contributed by atoms with Gasteiger partial charge in [0.2, 0.25) is 0 Å². The van der Waals surface area contributed by atoms with Gasteiger partial charge in [-0.3, -0.25) is 5.32 Å². The summed E-state index contributed by atoms with van der Waals surface area (Å²) < 4.78 is 0.779. The Kier molecular flexibility index (Phi) is 3.21. The van der Waals surface area contributed by atoms with Gasteiger partial charge in [0, 0.05) is 4.47 Å². The highest BCUT2D eigenvalue weighted by Crippen LogP contribution is 2.33. The first-order valence-electron chi connectivity index (χ1n) is 2.95. The summed E-state index contributed by atoms with van der Waals surface area (Å²) >= 11 is 14.8. The highest BCUT2D eigenvalue weighted by atomic mass is 79.9. The van der Waals surface area contributed by atoms with Gasteiger partial charge in [-0.25, -0.2) is 0 Å². The first kappa shape index (κ1) is 9.66. The van der Waals surface area contributed by atoms with Crippen LogP contribution in [0.4, 0.5) is 5.69 Å². The van der Waals surface area contributed by atoms with Crippen molar-refractivity contribution in [1.29, 1.82) is 5.26 Å². The molecule has 1 aromatic rings. The molecule has 0 heterocycles. The van der Waals surface area contributed by atoms with Gasteiger partial charge < -0.3 is 0 Å². The quantitative estimate of drug-likeness (QED) is 0.622. The van der Waals surface area contributed by atoms with Crippen LogP contribution in [0.25, 0.3) is 0 Å². The maximum atomic E-state index is 8.35. The lowest BCUT2D eigenvalue weighted by molar-refractivity contribution is 1.47. The molecule has 0 radical (unpaired) electrons. The van der Waals surface area contributed by atoms with Crippen molar-refractivity contribution >= 4 is 44.8 Å². The second kappa shape index (κ2) is 3.99. The largest absolute Gasteiger partial charge is 0.290 e. The zero-order valence-corrected chi connectivity index (χ0v) is 8.83. The van der Waals surface area contributed by atoms with Crippen LogP contribution < -0.4 is 5.32 Å². The van der Waals surface area contributed by atoms with Crippen LogP contribution in [0.2, 0.25) is 10.0 Å². The van der Waals surface area contributed by atoms with Crippen LogP contribution >= 0.6 is 39.1 Å². The van der Waals surface area contributed by atoms with Crippen molar-refractivity contribution in [3.05, 3.63) is 26.7 Å². The van der Waals surface area contributed by atoms with E-state index in [2.05, 4.69) is 21.2 Å². The fourth-order valence-electron chi connectivity index (χ4n) is 0.718. The van der Waals surface area contributed by atoms with Crippen LogP contribution in [0.3, 0.4) is 0 Å². The van der Waals surface area contributed by atoms with Gasteiger partial charge >= 0.3 is 0 Å². The lowest BCUT2D eigenvalue weighted by Crippen LogP contribution is -1.89. The highest BCUT2D eigenvalue weighted by Gasteiger charge is 2.05. The molecule has 0 spiro atoms. The third-order valence-electron chi connectivity index (χ3n) is 1.19. The average molecular weight is 266 g/mol. The maximum absolute atomic E-state index is 8.35. The Morgan fingerprint density at radius 3 is 2.25 bits per heavy atom. The summed E-state index contributed by atoms with van der Waals surface area (Å²) in [6.45, 7) is 0. The number of nitriles is 1. The van der Waals surface area contributed by atoms with E-state index in [0.717, 1.165) is 4.47 Å². The highest BCUT2D eigenvalue weighted by molar-refractivity contribution is 9.10. The molecule has 0 aliphatic heterocycles. The second-order valence-corrected chi connectivity index (χ2v) is 3.71. The Morgan fingerprint density at radius 1 is 1.33 bits per heavy atom. The molecule has 0 aromatic heterocycles. The van der Waals surface area contributed by atoms with E-state index < -0.39 is 0 Å². The minimum atomic E-state index is 0.413. The molecule has 0 amide bonds. The lowest BCUT2D eigenvalue weighted by atomic mass is 10.3. The topological polar surface area (TPSA) is 35.8 Å². The van der Waals surface area contributed by atoms with E-state index in [1.807, 2.05) is 0 Å². The van der Waals surface area contributed by atoms with Gasteiger partial charge in [0.15, 0.2) is 6.19 Å². The fourth-order valence-corrected chi connectivity index (χ4v) is 2.02. The third kappa shape index (κ3) is 2.04. The molecule has 62 valence electrons. The maximum Gasteiger partial charge on any atom is 0.181 e. The predicted molar refractivity (Wildman–Crippen MR) is 53.4 cm³/mol. The third-order valence-corrected chi connectivity index (χ3v) is 2.24. The number of rotatable bonds is 1. The first-order chi connectivity index (χ1) is 5.65. The van der Waals surface area contributed by atoms with E-state index in [-0.39, 0.29) is 0 Å². The number of hydrogen-bond acceptors (Lipinski definition) is 2. The fraction of sp³-hybridized carbons (Fsp3) is 0. The molecule has 0 atom stereocenters. The smallest absolute Gasteiger partial charge is 0.181 e. The summed E-state index contributed by atoms with van der Waals surface area (Å²) in [4.78, 5) is 0. The van der Waals surface area contributed by atoms with E-state index in [9.17, 15) is 0 Å². The standard InChI is InChI=1S/C7H3BrCl2N2/c8-4-1-5(9)7(12-3-11)6(10)2-4/h1-2,12H. The van der Waals surface area contributed by atoms with Gasteiger partial charge in [-0.2, -0.15) is 5.26 Å². The average Bonchev–Trinajstić information content (AvgIpc) is 1.96. The van der Waals surface area contributed by atoms with Crippen molar-refractivity contribution in [3.63, 3.8) is 0 Å².